The fourth-order valence-corrected chi connectivity index (χ4v) is 2.18. The van der Waals surface area contributed by atoms with Crippen LogP contribution in [0.4, 0.5) is 0 Å². The van der Waals surface area contributed by atoms with Gasteiger partial charge in [0.05, 0.1) is 13.5 Å². The van der Waals surface area contributed by atoms with Gasteiger partial charge in [0.15, 0.2) is 0 Å². The molecule has 0 saturated carbocycles. The molecule has 3 heteroatoms. The first kappa shape index (κ1) is 12.5. The van der Waals surface area contributed by atoms with Crippen LogP contribution in [-0.2, 0) is 9.53 Å². The van der Waals surface area contributed by atoms with Gasteiger partial charge in [0.25, 0.3) is 0 Å². The largest absolute Gasteiger partial charge is 0.469 e. The normalized spacial score (nSPS) is 25.7. The van der Waals surface area contributed by atoms with Crippen molar-refractivity contribution >= 4 is 5.97 Å². The number of hydrogen-bond donors (Lipinski definition) is 0. The van der Waals surface area contributed by atoms with Gasteiger partial charge in [0.1, 0.15) is 0 Å². The smallest absolute Gasteiger partial charge is 0.307 e. The molecule has 1 rings (SSSR count). The molecule has 0 aliphatic carbocycles. The van der Waals surface area contributed by atoms with Crippen LogP contribution in [0.2, 0.25) is 0 Å². The number of carbonyl (C=O) groups is 1. The summed E-state index contributed by atoms with van der Waals surface area (Å²) >= 11 is 0. The molecule has 2 unspecified atom stereocenters. The van der Waals surface area contributed by atoms with Crippen molar-refractivity contribution in [1.29, 1.82) is 0 Å². The van der Waals surface area contributed by atoms with E-state index in [-0.39, 0.29) is 5.97 Å². The van der Waals surface area contributed by atoms with Crippen LogP contribution in [0.15, 0.2) is 0 Å². The van der Waals surface area contributed by atoms with Crippen LogP contribution in [0, 0.1) is 5.92 Å². The maximum absolute atomic E-state index is 11.2. The SMILES string of the molecule is COC(=O)CC(C)N1CCCC(C)CC1. The van der Waals surface area contributed by atoms with E-state index in [1.165, 1.54) is 26.4 Å². The van der Waals surface area contributed by atoms with Crippen molar-refractivity contribution in [2.75, 3.05) is 20.2 Å². The summed E-state index contributed by atoms with van der Waals surface area (Å²) < 4.78 is 4.70. The molecule has 0 radical (unpaired) electrons. The number of rotatable bonds is 3. The van der Waals surface area contributed by atoms with Crippen molar-refractivity contribution in [2.24, 2.45) is 5.92 Å². The van der Waals surface area contributed by atoms with Gasteiger partial charge < -0.3 is 9.64 Å². The molecule has 2 atom stereocenters. The van der Waals surface area contributed by atoms with E-state index >= 15 is 0 Å². The molecule has 0 aromatic heterocycles. The van der Waals surface area contributed by atoms with Gasteiger partial charge in [-0.15, -0.1) is 0 Å². The molecule has 0 bridgehead atoms. The second-order valence-corrected chi connectivity index (χ2v) is 4.70. The number of likely N-dealkylation sites (tertiary alicyclic amines) is 1. The molecule has 1 fully saturated rings. The van der Waals surface area contributed by atoms with Gasteiger partial charge in [0, 0.05) is 6.04 Å². The minimum absolute atomic E-state index is 0.0974. The molecular weight excluding hydrogens is 190 g/mol. The van der Waals surface area contributed by atoms with Gasteiger partial charge in [-0.1, -0.05) is 6.92 Å². The van der Waals surface area contributed by atoms with Gasteiger partial charge in [-0.25, -0.2) is 0 Å². The van der Waals surface area contributed by atoms with Gasteiger partial charge in [-0.2, -0.15) is 0 Å². The van der Waals surface area contributed by atoms with E-state index in [1.807, 2.05) is 0 Å². The van der Waals surface area contributed by atoms with E-state index in [1.54, 1.807) is 0 Å². The molecular formula is C12H23NO2. The first-order valence-electron chi connectivity index (χ1n) is 5.94. The summed E-state index contributed by atoms with van der Waals surface area (Å²) in [4.78, 5) is 13.6. The lowest BCUT2D eigenvalue weighted by atomic mass is 10.0. The first-order valence-corrected chi connectivity index (χ1v) is 5.94. The zero-order valence-corrected chi connectivity index (χ0v) is 10.2. The number of ether oxygens (including phenoxy) is 1. The van der Waals surface area contributed by atoms with Crippen molar-refractivity contribution in [3.05, 3.63) is 0 Å². The molecule has 88 valence electrons. The Morgan fingerprint density at radius 3 is 2.87 bits per heavy atom. The van der Waals surface area contributed by atoms with E-state index in [9.17, 15) is 4.79 Å². The molecule has 0 amide bonds. The molecule has 15 heavy (non-hydrogen) atoms. The molecule has 0 aromatic rings. The van der Waals surface area contributed by atoms with Gasteiger partial charge in [-0.05, 0) is 45.2 Å². The molecule has 1 aliphatic rings. The Bertz CT molecular complexity index is 206. The van der Waals surface area contributed by atoms with Gasteiger partial charge in [-0.3, -0.25) is 4.79 Å². The van der Waals surface area contributed by atoms with E-state index in [2.05, 4.69) is 18.7 Å². The Morgan fingerprint density at radius 2 is 2.20 bits per heavy atom. The topological polar surface area (TPSA) is 29.5 Å². The zero-order valence-electron chi connectivity index (χ0n) is 10.2. The summed E-state index contributed by atoms with van der Waals surface area (Å²) in [6.07, 6.45) is 4.35. The van der Waals surface area contributed by atoms with E-state index in [4.69, 9.17) is 4.74 Å². The highest BCUT2D eigenvalue weighted by Gasteiger charge is 2.20. The zero-order chi connectivity index (χ0) is 11.3. The second-order valence-electron chi connectivity index (χ2n) is 4.70. The average molecular weight is 213 g/mol. The average Bonchev–Trinajstić information content (AvgIpc) is 2.42. The van der Waals surface area contributed by atoms with Crippen molar-refractivity contribution < 1.29 is 9.53 Å². The minimum Gasteiger partial charge on any atom is -0.469 e. The number of hydrogen-bond acceptors (Lipinski definition) is 3. The van der Waals surface area contributed by atoms with Gasteiger partial charge >= 0.3 is 5.97 Å². The lowest BCUT2D eigenvalue weighted by Crippen LogP contribution is -2.35. The molecule has 3 nitrogen and oxygen atoms in total. The van der Waals surface area contributed by atoms with Crippen molar-refractivity contribution in [3.63, 3.8) is 0 Å². The molecule has 0 spiro atoms. The van der Waals surface area contributed by atoms with Crippen LogP contribution >= 0.6 is 0 Å². The Hall–Kier alpha value is -0.570. The monoisotopic (exact) mass is 213 g/mol. The second kappa shape index (κ2) is 6.11. The van der Waals surface area contributed by atoms with Crippen molar-refractivity contribution in [2.45, 2.75) is 45.6 Å². The predicted octanol–water partition coefficient (Wildman–Crippen LogP) is 2.06. The van der Waals surface area contributed by atoms with E-state index in [0.29, 0.717) is 12.5 Å². The molecule has 1 heterocycles. The number of carbonyl (C=O) groups excluding carboxylic acids is 1. The van der Waals surface area contributed by atoms with Crippen LogP contribution < -0.4 is 0 Å². The summed E-state index contributed by atoms with van der Waals surface area (Å²) in [5.74, 6) is 0.736. The fourth-order valence-electron chi connectivity index (χ4n) is 2.18. The lowest BCUT2D eigenvalue weighted by Gasteiger charge is -2.26. The van der Waals surface area contributed by atoms with Crippen LogP contribution in [0.3, 0.4) is 0 Å². The third-order valence-electron chi connectivity index (χ3n) is 3.36. The quantitative estimate of drug-likeness (QED) is 0.672. The molecule has 1 aliphatic heterocycles. The number of esters is 1. The number of methoxy groups -OCH3 is 1. The molecule has 0 N–H and O–H groups in total. The Labute approximate surface area is 92.8 Å². The molecule has 0 aromatic carbocycles. The van der Waals surface area contributed by atoms with Gasteiger partial charge in [0.2, 0.25) is 0 Å². The predicted molar refractivity (Wildman–Crippen MR) is 60.7 cm³/mol. The summed E-state index contributed by atoms with van der Waals surface area (Å²) in [6, 6.07) is 0.322. The maximum Gasteiger partial charge on any atom is 0.307 e. The molecule has 1 saturated heterocycles. The summed E-state index contributed by atoms with van der Waals surface area (Å²) in [5.41, 5.74) is 0. The van der Waals surface area contributed by atoms with Crippen molar-refractivity contribution in [1.82, 2.24) is 4.90 Å². The van der Waals surface area contributed by atoms with Crippen molar-refractivity contribution in [3.8, 4) is 0 Å². The van der Waals surface area contributed by atoms with Crippen LogP contribution in [0.25, 0.3) is 0 Å². The maximum atomic E-state index is 11.2. The number of nitrogens with zero attached hydrogens (tertiary/aromatic N) is 1. The third-order valence-corrected chi connectivity index (χ3v) is 3.36. The first-order chi connectivity index (χ1) is 7.13. The standard InChI is InChI=1S/C12H23NO2/c1-10-5-4-7-13(8-6-10)11(2)9-12(14)15-3/h10-11H,4-9H2,1-3H3. The van der Waals surface area contributed by atoms with Crippen LogP contribution in [0.5, 0.6) is 0 Å². The third kappa shape index (κ3) is 4.20. The highest BCUT2D eigenvalue weighted by Crippen LogP contribution is 2.19. The minimum atomic E-state index is -0.0974. The fraction of sp³-hybridized carbons (Fsp3) is 0.917. The Balaban J connectivity index is 2.37. The van der Waals surface area contributed by atoms with E-state index in [0.717, 1.165) is 19.0 Å². The van der Waals surface area contributed by atoms with Crippen LogP contribution in [0.1, 0.15) is 39.5 Å². The van der Waals surface area contributed by atoms with E-state index < -0.39 is 0 Å². The summed E-state index contributed by atoms with van der Waals surface area (Å²) in [7, 11) is 1.46. The Kier molecular flexibility index (Phi) is 5.09. The lowest BCUT2D eigenvalue weighted by molar-refractivity contribution is -0.141. The Morgan fingerprint density at radius 1 is 1.47 bits per heavy atom. The highest BCUT2D eigenvalue weighted by molar-refractivity contribution is 5.69. The summed E-state index contributed by atoms with van der Waals surface area (Å²) in [5, 5.41) is 0. The summed E-state index contributed by atoms with van der Waals surface area (Å²) in [6.45, 7) is 6.68. The van der Waals surface area contributed by atoms with Crippen LogP contribution in [-0.4, -0.2) is 37.1 Å². The highest BCUT2D eigenvalue weighted by atomic mass is 16.5.